The minimum absolute atomic E-state index is 0.0718. The maximum Gasteiger partial charge on any atom is 0.130 e. The maximum atomic E-state index is 13.4. The summed E-state index contributed by atoms with van der Waals surface area (Å²) >= 11 is 0. The molecule has 16 heavy (non-hydrogen) atoms. The van der Waals surface area contributed by atoms with Gasteiger partial charge in [-0.25, -0.2) is 8.78 Å². The molecule has 0 saturated heterocycles. The van der Waals surface area contributed by atoms with Crippen LogP contribution >= 0.6 is 0 Å². The first-order valence-corrected chi connectivity index (χ1v) is 5.83. The van der Waals surface area contributed by atoms with Crippen molar-refractivity contribution in [3.63, 3.8) is 0 Å². The van der Waals surface area contributed by atoms with Crippen LogP contribution < -0.4 is 5.32 Å². The Morgan fingerprint density at radius 1 is 1.25 bits per heavy atom. The predicted molar refractivity (Wildman–Crippen MR) is 62.3 cm³/mol. The molecule has 0 spiro atoms. The molecule has 0 radical (unpaired) electrons. The van der Waals surface area contributed by atoms with E-state index in [2.05, 4.69) is 12.2 Å². The zero-order valence-corrected chi connectivity index (χ0v) is 9.89. The van der Waals surface area contributed by atoms with Gasteiger partial charge in [-0.2, -0.15) is 0 Å². The number of hydrogen-bond donors (Lipinski definition) is 1. The Kier molecular flexibility index (Phi) is 5.39. The van der Waals surface area contributed by atoms with Crippen LogP contribution in [-0.4, -0.2) is 6.54 Å². The zero-order valence-electron chi connectivity index (χ0n) is 9.89. The van der Waals surface area contributed by atoms with Crippen molar-refractivity contribution in [2.45, 2.75) is 39.2 Å². The molecule has 1 atom stereocenters. The summed E-state index contributed by atoms with van der Waals surface area (Å²) in [5.41, 5.74) is 0.526. The summed E-state index contributed by atoms with van der Waals surface area (Å²) in [5, 5.41) is 3.23. The first-order valence-electron chi connectivity index (χ1n) is 5.83. The van der Waals surface area contributed by atoms with E-state index in [9.17, 15) is 8.78 Å². The topological polar surface area (TPSA) is 12.0 Å². The van der Waals surface area contributed by atoms with E-state index in [1.165, 1.54) is 25.0 Å². The minimum Gasteiger partial charge on any atom is -0.310 e. The molecule has 90 valence electrons. The predicted octanol–water partition coefficient (Wildman–Crippen LogP) is 3.81. The lowest BCUT2D eigenvalue weighted by atomic mass is 10.1. The molecule has 3 heteroatoms. The first kappa shape index (κ1) is 13.1. The molecule has 0 heterocycles. The van der Waals surface area contributed by atoms with Crippen molar-refractivity contribution >= 4 is 0 Å². The summed E-state index contributed by atoms with van der Waals surface area (Å²) < 4.78 is 26.1. The van der Waals surface area contributed by atoms with Crippen molar-refractivity contribution in [1.29, 1.82) is 0 Å². The fourth-order valence-electron chi connectivity index (χ4n) is 1.66. The minimum atomic E-state index is -0.528. The van der Waals surface area contributed by atoms with Crippen LogP contribution in [0.25, 0.3) is 0 Å². The van der Waals surface area contributed by atoms with E-state index in [0.29, 0.717) is 5.56 Å². The second kappa shape index (κ2) is 6.59. The highest BCUT2D eigenvalue weighted by molar-refractivity contribution is 5.21. The quantitative estimate of drug-likeness (QED) is 0.729. The summed E-state index contributed by atoms with van der Waals surface area (Å²) in [7, 11) is 0. The SMILES string of the molecule is CCCCCNC(C)c1ccc(F)cc1F. The van der Waals surface area contributed by atoms with Crippen LogP contribution in [0.3, 0.4) is 0 Å². The average Bonchev–Trinajstić information content (AvgIpc) is 2.24. The summed E-state index contributed by atoms with van der Waals surface area (Å²) in [6.07, 6.45) is 3.43. The largest absolute Gasteiger partial charge is 0.310 e. The van der Waals surface area contributed by atoms with Crippen molar-refractivity contribution in [3.05, 3.63) is 35.4 Å². The van der Waals surface area contributed by atoms with Gasteiger partial charge in [0.1, 0.15) is 11.6 Å². The number of rotatable bonds is 6. The van der Waals surface area contributed by atoms with Crippen molar-refractivity contribution < 1.29 is 8.78 Å². The summed E-state index contributed by atoms with van der Waals surface area (Å²) in [6, 6.07) is 3.65. The van der Waals surface area contributed by atoms with Gasteiger partial charge in [-0.1, -0.05) is 25.8 Å². The molecule has 0 fully saturated rings. The van der Waals surface area contributed by atoms with Gasteiger partial charge in [-0.3, -0.25) is 0 Å². The van der Waals surface area contributed by atoms with Crippen LogP contribution in [0.4, 0.5) is 8.78 Å². The van der Waals surface area contributed by atoms with Crippen molar-refractivity contribution in [2.24, 2.45) is 0 Å². The van der Waals surface area contributed by atoms with E-state index in [4.69, 9.17) is 0 Å². The highest BCUT2D eigenvalue weighted by Gasteiger charge is 2.10. The Morgan fingerprint density at radius 2 is 2.00 bits per heavy atom. The molecule has 1 rings (SSSR count). The molecule has 1 aromatic rings. The van der Waals surface area contributed by atoms with Crippen LogP contribution in [0.1, 0.15) is 44.7 Å². The normalized spacial score (nSPS) is 12.8. The standard InChI is InChI=1S/C13H19F2N/c1-3-4-5-8-16-10(2)12-7-6-11(14)9-13(12)15/h6-7,9-10,16H,3-5,8H2,1-2H3. The fourth-order valence-corrected chi connectivity index (χ4v) is 1.66. The second-order valence-electron chi connectivity index (χ2n) is 4.05. The van der Waals surface area contributed by atoms with Crippen LogP contribution in [0.5, 0.6) is 0 Å². The number of unbranched alkanes of at least 4 members (excludes halogenated alkanes) is 2. The molecule has 1 unspecified atom stereocenters. The monoisotopic (exact) mass is 227 g/mol. The average molecular weight is 227 g/mol. The van der Waals surface area contributed by atoms with Gasteiger partial charge in [0.15, 0.2) is 0 Å². The third-order valence-electron chi connectivity index (χ3n) is 2.66. The van der Waals surface area contributed by atoms with Crippen LogP contribution in [-0.2, 0) is 0 Å². The van der Waals surface area contributed by atoms with Crippen molar-refractivity contribution in [1.82, 2.24) is 5.32 Å². The summed E-state index contributed by atoms with van der Waals surface area (Å²) in [5.74, 6) is -1.00. The lowest BCUT2D eigenvalue weighted by molar-refractivity contribution is 0.506. The van der Waals surface area contributed by atoms with E-state index in [1.54, 1.807) is 0 Å². The Balaban J connectivity index is 2.49. The van der Waals surface area contributed by atoms with E-state index in [0.717, 1.165) is 19.0 Å². The highest BCUT2D eigenvalue weighted by Crippen LogP contribution is 2.17. The molecule has 0 bridgehead atoms. The molecule has 0 saturated carbocycles. The van der Waals surface area contributed by atoms with E-state index in [1.807, 2.05) is 6.92 Å². The Hall–Kier alpha value is -0.960. The lowest BCUT2D eigenvalue weighted by Gasteiger charge is -2.14. The van der Waals surface area contributed by atoms with Gasteiger partial charge in [-0.05, 0) is 26.0 Å². The second-order valence-corrected chi connectivity index (χ2v) is 4.05. The molecule has 0 aromatic heterocycles. The molecule has 0 aliphatic rings. The lowest BCUT2D eigenvalue weighted by Crippen LogP contribution is -2.20. The van der Waals surface area contributed by atoms with Crippen LogP contribution in [0.2, 0.25) is 0 Å². The van der Waals surface area contributed by atoms with Gasteiger partial charge in [0.25, 0.3) is 0 Å². The van der Waals surface area contributed by atoms with Crippen molar-refractivity contribution in [3.8, 4) is 0 Å². The number of benzene rings is 1. The number of halogens is 2. The molecule has 1 N–H and O–H groups in total. The third-order valence-corrected chi connectivity index (χ3v) is 2.66. The van der Waals surface area contributed by atoms with Gasteiger partial charge >= 0.3 is 0 Å². The number of nitrogens with one attached hydrogen (secondary N) is 1. The fraction of sp³-hybridized carbons (Fsp3) is 0.538. The molecule has 1 nitrogen and oxygen atoms in total. The van der Waals surface area contributed by atoms with E-state index in [-0.39, 0.29) is 6.04 Å². The molecule has 1 aromatic carbocycles. The molecule has 0 aliphatic carbocycles. The molecular formula is C13H19F2N. The Labute approximate surface area is 95.9 Å². The van der Waals surface area contributed by atoms with Gasteiger partial charge in [0.05, 0.1) is 0 Å². The summed E-state index contributed by atoms with van der Waals surface area (Å²) in [6.45, 7) is 4.90. The zero-order chi connectivity index (χ0) is 12.0. The maximum absolute atomic E-state index is 13.4. The van der Waals surface area contributed by atoms with Crippen molar-refractivity contribution in [2.75, 3.05) is 6.54 Å². The van der Waals surface area contributed by atoms with E-state index < -0.39 is 11.6 Å². The van der Waals surface area contributed by atoms with Crippen LogP contribution in [0.15, 0.2) is 18.2 Å². The first-order chi connectivity index (χ1) is 7.65. The van der Waals surface area contributed by atoms with E-state index >= 15 is 0 Å². The Bertz CT molecular complexity index is 326. The Morgan fingerprint density at radius 3 is 2.62 bits per heavy atom. The van der Waals surface area contributed by atoms with Gasteiger partial charge in [0.2, 0.25) is 0 Å². The molecular weight excluding hydrogens is 208 g/mol. The number of hydrogen-bond acceptors (Lipinski definition) is 1. The van der Waals surface area contributed by atoms with Gasteiger partial charge in [-0.15, -0.1) is 0 Å². The third kappa shape index (κ3) is 3.89. The van der Waals surface area contributed by atoms with Crippen LogP contribution in [0, 0.1) is 11.6 Å². The summed E-state index contributed by atoms with van der Waals surface area (Å²) in [4.78, 5) is 0. The molecule has 0 amide bonds. The molecule has 0 aliphatic heterocycles. The van der Waals surface area contributed by atoms with Gasteiger partial charge in [0, 0.05) is 17.7 Å². The smallest absolute Gasteiger partial charge is 0.130 e. The highest BCUT2D eigenvalue weighted by atomic mass is 19.1. The van der Waals surface area contributed by atoms with Gasteiger partial charge < -0.3 is 5.32 Å².